The van der Waals surface area contributed by atoms with E-state index in [2.05, 4.69) is 20.9 Å². The van der Waals surface area contributed by atoms with Crippen molar-refractivity contribution in [2.45, 2.75) is 0 Å². The topological polar surface area (TPSA) is 61.3 Å². The fourth-order valence-corrected chi connectivity index (χ4v) is 3.20. The number of halogens is 3. The molecule has 4 nitrogen and oxygen atoms in total. The predicted octanol–water partition coefficient (Wildman–Crippen LogP) is 5.15. The van der Waals surface area contributed by atoms with E-state index in [-0.39, 0.29) is 0 Å². The zero-order valence-electron chi connectivity index (χ0n) is 10.8. The molecule has 3 rings (SSSR count). The van der Waals surface area contributed by atoms with Gasteiger partial charge in [0.1, 0.15) is 5.52 Å². The minimum atomic E-state index is 0.407. The van der Waals surface area contributed by atoms with Crippen LogP contribution in [0.3, 0.4) is 0 Å². The first-order valence-corrected chi connectivity index (χ1v) is 7.43. The number of benzene rings is 2. The van der Waals surface area contributed by atoms with E-state index >= 15 is 0 Å². The highest BCUT2D eigenvalue weighted by Gasteiger charge is 2.15. The lowest BCUT2D eigenvalue weighted by Crippen LogP contribution is -1.94. The number of ether oxygens (including phenoxy) is 1. The van der Waals surface area contributed by atoms with Crippen LogP contribution in [0.15, 0.2) is 33.2 Å². The van der Waals surface area contributed by atoms with Gasteiger partial charge in [-0.3, -0.25) is 0 Å². The summed E-state index contributed by atoms with van der Waals surface area (Å²) in [5.41, 5.74) is 8.22. The van der Waals surface area contributed by atoms with Gasteiger partial charge in [0.25, 0.3) is 0 Å². The van der Waals surface area contributed by atoms with Gasteiger partial charge in [0.15, 0.2) is 11.3 Å². The van der Waals surface area contributed by atoms with Crippen LogP contribution in [0.25, 0.3) is 22.6 Å². The van der Waals surface area contributed by atoms with Crippen molar-refractivity contribution in [3.63, 3.8) is 0 Å². The lowest BCUT2D eigenvalue weighted by molar-refractivity contribution is 0.414. The maximum atomic E-state index is 6.10. The second kappa shape index (κ2) is 5.40. The summed E-state index contributed by atoms with van der Waals surface area (Å²) in [6.07, 6.45) is 0. The molecule has 0 radical (unpaired) electrons. The summed E-state index contributed by atoms with van der Waals surface area (Å²) in [4.78, 5) is 4.39. The van der Waals surface area contributed by atoms with Crippen LogP contribution >= 0.6 is 39.1 Å². The molecule has 1 aromatic heterocycles. The van der Waals surface area contributed by atoms with Crippen molar-refractivity contribution in [1.29, 1.82) is 0 Å². The number of hydrogen-bond acceptors (Lipinski definition) is 4. The van der Waals surface area contributed by atoms with E-state index in [4.69, 9.17) is 38.1 Å². The Balaban J connectivity index is 2.19. The van der Waals surface area contributed by atoms with E-state index in [9.17, 15) is 0 Å². The van der Waals surface area contributed by atoms with Gasteiger partial charge in [0, 0.05) is 10.6 Å². The number of nitrogens with two attached hydrogens (primary N) is 1. The second-order valence-electron chi connectivity index (χ2n) is 4.34. The number of fused-ring (bicyclic) bond motifs is 1. The molecule has 3 aromatic rings. The third-order valence-corrected chi connectivity index (χ3v) is 4.02. The lowest BCUT2D eigenvalue weighted by atomic mass is 10.2. The third kappa shape index (κ3) is 2.57. The molecule has 0 saturated carbocycles. The lowest BCUT2D eigenvalue weighted by Gasteiger charge is -2.08. The minimum absolute atomic E-state index is 0.407. The van der Waals surface area contributed by atoms with Crippen LogP contribution in [-0.4, -0.2) is 12.1 Å². The van der Waals surface area contributed by atoms with Crippen molar-refractivity contribution < 1.29 is 9.15 Å². The number of nitrogen functional groups attached to an aromatic ring is 1. The fourth-order valence-electron chi connectivity index (χ4n) is 2.04. The molecule has 0 fully saturated rings. The maximum absolute atomic E-state index is 6.10. The summed E-state index contributed by atoms with van der Waals surface area (Å²) in [6.45, 7) is 0. The van der Waals surface area contributed by atoms with E-state index in [1.165, 1.54) is 0 Å². The van der Waals surface area contributed by atoms with E-state index in [0.29, 0.717) is 48.5 Å². The Labute approximate surface area is 138 Å². The zero-order chi connectivity index (χ0) is 15.1. The Hall–Kier alpha value is -1.43. The summed E-state index contributed by atoms with van der Waals surface area (Å²) < 4.78 is 11.6. The SMILES string of the molecule is COc1c(N)cc(-c2nc3cc(Cl)cc(Cl)c3o2)cc1Br. The van der Waals surface area contributed by atoms with Gasteiger partial charge in [-0.2, -0.15) is 0 Å². The van der Waals surface area contributed by atoms with Crippen molar-refractivity contribution in [3.8, 4) is 17.2 Å². The first kappa shape index (κ1) is 14.5. The highest BCUT2D eigenvalue weighted by molar-refractivity contribution is 9.10. The van der Waals surface area contributed by atoms with Crippen LogP contribution in [0.4, 0.5) is 5.69 Å². The number of aromatic nitrogens is 1. The van der Waals surface area contributed by atoms with Gasteiger partial charge in [-0.15, -0.1) is 0 Å². The van der Waals surface area contributed by atoms with Crippen molar-refractivity contribution in [3.05, 3.63) is 38.8 Å². The van der Waals surface area contributed by atoms with Gasteiger partial charge in [0.2, 0.25) is 5.89 Å². The normalized spacial score (nSPS) is 11.0. The van der Waals surface area contributed by atoms with Crippen molar-refractivity contribution in [2.75, 3.05) is 12.8 Å². The fraction of sp³-hybridized carbons (Fsp3) is 0.0714. The van der Waals surface area contributed by atoms with Gasteiger partial charge < -0.3 is 14.9 Å². The first-order valence-electron chi connectivity index (χ1n) is 5.88. The van der Waals surface area contributed by atoms with Crippen LogP contribution in [0.2, 0.25) is 10.0 Å². The van der Waals surface area contributed by atoms with E-state index < -0.39 is 0 Å². The van der Waals surface area contributed by atoms with Crippen LogP contribution in [0, 0.1) is 0 Å². The molecule has 0 aliphatic rings. The predicted molar refractivity (Wildman–Crippen MR) is 88.1 cm³/mol. The highest BCUT2D eigenvalue weighted by atomic mass is 79.9. The van der Waals surface area contributed by atoms with Gasteiger partial charge in [-0.05, 0) is 40.2 Å². The summed E-state index contributed by atoms with van der Waals surface area (Å²) in [6, 6.07) is 6.84. The molecule has 108 valence electrons. The molecule has 0 saturated heterocycles. The van der Waals surface area contributed by atoms with Crippen molar-refractivity contribution in [2.24, 2.45) is 0 Å². The molecule has 7 heteroatoms. The Kier molecular flexibility index (Phi) is 3.73. The highest BCUT2D eigenvalue weighted by Crippen LogP contribution is 2.38. The second-order valence-corrected chi connectivity index (χ2v) is 6.03. The minimum Gasteiger partial charge on any atom is -0.493 e. The standard InChI is InChI=1S/C14H9BrCl2N2O2/c1-20-12-8(15)2-6(3-10(12)18)14-19-11-5-7(16)4-9(17)13(11)21-14/h2-5H,18H2,1H3. The number of anilines is 1. The van der Waals surface area contributed by atoms with Gasteiger partial charge in [-0.25, -0.2) is 4.98 Å². The molecule has 0 aliphatic carbocycles. The molecule has 0 bridgehead atoms. The van der Waals surface area contributed by atoms with Gasteiger partial charge in [0.05, 0.1) is 22.3 Å². The molecule has 0 atom stereocenters. The van der Waals surface area contributed by atoms with E-state index in [0.717, 1.165) is 0 Å². The smallest absolute Gasteiger partial charge is 0.227 e. The molecule has 0 spiro atoms. The summed E-state index contributed by atoms with van der Waals surface area (Å²) in [5, 5.41) is 0.916. The molecule has 1 heterocycles. The molecular formula is C14H9BrCl2N2O2. The molecule has 21 heavy (non-hydrogen) atoms. The number of oxazole rings is 1. The molecule has 0 aliphatic heterocycles. The largest absolute Gasteiger partial charge is 0.493 e. The van der Waals surface area contributed by atoms with Gasteiger partial charge in [-0.1, -0.05) is 23.2 Å². The Morgan fingerprint density at radius 1 is 1.24 bits per heavy atom. The third-order valence-electron chi connectivity index (χ3n) is 2.93. The maximum Gasteiger partial charge on any atom is 0.227 e. The van der Waals surface area contributed by atoms with Crippen molar-refractivity contribution in [1.82, 2.24) is 4.98 Å². The molecule has 0 amide bonds. The van der Waals surface area contributed by atoms with Crippen LogP contribution in [-0.2, 0) is 0 Å². The Morgan fingerprint density at radius 2 is 2.00 bits per heavy atom. The monoisotopic (exact) mass is 386 g/mol. The average Bonchev–Trinajstić information content (AvgIpc) is 2.82. The van der Waals surface area contributed by atoms with Crippen LogP contribution in [0.1, 0.15) is 0 Å². The number of methoxy groups -OCH3 is 1. The first-order chi connectivity index (χ1) is 9.99. The molecule has 2 N–H and O–H groups in total. The van der Waals surface area contributed by atoms with E-state index in [1.54, 1.807) is 25.3 Å². The van der Waals surface area contributed by atoms with Crippen LogP contribution < -0.4 is 10.5 Å². The quantitative estimate of drug-likeness (QED) is 0.617. The summed E-state index contributed by atoms with van der Waals surface area (Å²) >= 11 is 15.5. The van der Waals surface area contributed by atoms with Gasteiger partial charge >= 0.3 is 0 Å². The van der Waals surface area contributed by atoms with E-state index in [1.807, 2.05) is 6.07 Å². The Morgan fingerprint density at radius 3 is 2.67 bits per heavy atom. The number of hydrogen-bond donors (Lipinski definition) is 1. The van der Waals surface area contributed by atoms with Crippen LogP contribution in [0.5, 0.6) is 5.75 Å². The summed E-state index contributed by atoms with van der Waals surface area (Å²) in [7, 11) is 1.55. The Bertz CT molecular complexity index is 825. The molecule has 0 unspecified atom stereocenters. The molecule has 2 aromatic carbocycles. The number of nitrogens with zero attached hydrogens (tertiary/aromatic N) is 1. The molecular weight excluding hydrogens is 379 g/mol. The number of rotatable bonds is 2. The average molecular weight is 388 g/mol. The zero-order valence-corrected chi connectivity index (χ0v) is 13.9. The summed E-state index contributed by atoms with van der Waals surface area (Å²) in [5.74, 6) is 0.972. The van der Waals surface area contributed by atoms with Crippen molar-refractivity contribution >= 4 is 55.9 Å².